The number of aromatic carboxylic acids is 2. The van der Waals surface area contributed by atoms with E-state index in [0.717, 1.165) is 0 Å². The third kappa shape index (κ3) is 4.08. The first-order valence-electron chi connectivity index (χ1n) is 5.22. The van der Waals surface area contributed by atoms with Crippen molar-refractivity contribution in [3.05, 3.63) is 21.8 Å². The van der Waals surface area contributed by atoms with Gasteiger partial charge in [-0.15, -0.1) is 0 Å². The van der Waals surface area contributed by atoms with E-state index in [9.17, 15) is 24.6 Å². The van der Waals surface area contributed by atoms with Gasteiger partial charge in [-0.3, -0.25) is 4.79 Å². The molecular formula is C11H8I3NO6. The van der Waals surface area contributed by atoms with Crippen LogP contribution in [0.3, 0.4) is 0 Å². The van der Waals surface area contributed by atoms with Crippen LogP contribution in [0.15, 0.2) is 0 Å². The predicted octanol–water partition coefficient (Wildman–Crippen LogP) is 2.02. The first-order chi connectivity index (χ1) is 9.72. The summed E-state index contributed by atoms with van der Waals surface area (Å²) in [7, 11) is 1.43. The maximum atomic E-state index is 11.3. The average Bonchev–Trinajstić information content (AvgIpc) is 2.36. The number of carbonyl (C=O) groups is 3. The highest BCUT2D eigenvalue weighted by atomic mass is 127. The molecule has 0 saturated heterocycles. The van der Waals surface area contributed by atoms with E-state index < -0.39 is 17.8 Å². The maximum absolute atomic E-state index is 11.3. The quantitative estimate of drug-likeness (QED) is 0.430. The highest BCUT2D eigenvalue weighted by Gasteiger charge is 2.28. The fourth-order valence-electron chi connectivity index (χ4n) is 1.35. The Hall–Kier alpha value is -0.380. The van der Waals surface area contributed by atoms with Gasteiger partial charge in [0.05, 0.1) is 18.3 Å². The molecule has 0 bridgehead atoms. The molecule has 0 spiro atoms. The van der Waals surface area contributed by atoms with E-state index in [4.69, 9.17) is 4.74 Å². The maximum Gasteiger partial charge on any atom is 0.338 e. The molecule has 1 aromatic rings. The van der Waals surface area contributed by atoms with Crippen molar-refractivity contribution in [2.45, 2.75) is 0 Å². The van der Waals surface area contributed by atoms with E-state index in [-0.39, 0.29) is 34.2 Å². The molecule has 0 aliphatic rings. The summed E-state index contributed by atoms with van der Waals surface area (Å²) in [6, 6.07) is 0. The van der Waals surface area contributed by atoms with Crippen LogP contribution in [0.5, 0.6) is 5.75 Å². The lowest BCUT2D eigenvalue weighted by Gasteiger charge is -2.15. The van der Waals surface area contributed by atoms with Crippen molar-refractivity contribution in [1.82, 2.24) is 5.32 Å². The van der Waals surface area contributed by atoms with Gasteiger partial charge in [0.1, 0.15) is 5.75 Å². The number of hydrogen-bond donors (Lipinski definition) is 3. The van der Waals surface area contributed by atoms with Crippen molar-refractivity contribution < 1.29 is 29.3 Å². The molecule has 114 valence electrons. The van der Waals surface area contributed by atoms with Gasteiger partial charge >= 0.3 is 11.9 Å². The molecule has 1 rings (SSSR count). The molecule has 0 saturated carbocycles. The number of halogens is 3. The second-order valence-electron chi connectivity index (χ2n) is 3.59. The number of rotatable bonds is 5. The van der Waals surface area contributed by atoms with Gasteiger partial charge in [0.15, 0.2) is 6.61 Å². The minimum absolute atomic E-state index is 0.0787. The van der Waals surface area contributed by atoms with Crippen molar-refractivity contribution in [1.29, 1.82) is 0 Å². The molecule has 0 aliphatic heterocycles. The van der Waals surface area contributed by atoms with E-state index in [0.29, 0.717) is 0 Å². The van der Waals surface area contributed by atoms with Gasteiger partial charge in [0, 0.05) is 10.6 Å². The highest BCUT2D eigenvalue weighted by Crippen LogP contribution is 2.37. The lowest BCUT2D eigenvalue weighted by atomic mass is 10.1. The standard InChI is InChI=1S/C11H8I3NO6/c1-15-3(16)2-21-9-7(13)4(10(17)18)6(12)5(8(9)14)11(19)20/h2H2,1H3,(H,15,16)(H,17,18)(H,19,20). The largest absolute Gasteiger partial charge is 0.481 e. The van der Waals surface area contributed by atoms with E-state index in [1.807, 2.05) is 0 Å². The summed E-state index contributed by atoms with van der Waals surface area (Å²) < 4.78 is 5.92. The second-order valence-corrected chi connectivity index (χ2v) is 6.83. The van der Waals surface area contributed by atoms with E-state index in [1.165, 1.54) is 7.05 Å². The summed E-state index contributed by atoms with van der Waals surface area (Å²) in [5, 5.41) is 20.9. The Morgan fingerprint density at radius 3 is 1.76 bits per heavy atom. The molecule has 1 aromatic carbocycles. The minimum Gasteiger partial charge on any atom is -0.481 e. The molecule has 0 aromatic heterocycles. The number of likely N-dealkylation sites (N-methyl/N-ethyl adjacent to an activating group) is 1. The summed E-state index contributed by atoms with van der Waals surface area (Å²) in [6.07, 6.45) is 0. The molecule has 10 heteroatoms. The SMILES string of the molecule is CNC(=O)COc1c(I)c(C(=O)O)c(I)c(C(=O)O)c1I. The Bertz CT molecular complexity index is 590. The van der Waals surface area contributed by atoms with Crippen molar-refractivity contribution in [3.63, 3.8) is 0 Å². The summed E-state index contributed by atoms with van der Waals surface area (Å²) in [6.45, 7) is -0.332. The zero-order valence-electron chi connectivity index (χ0n) is 10.4. The molecule has 3 N–H and O–H groups in total. The van der Waals surface area contributed by atoms with Gasteiger partial charge < -0.3 is 20.3 Å². The van der Waals surface area contributed by atoms with Gasteiger partial charge in [0.25, 0.3) is 5.91 Å². The number of ether oxygens (including phenoxy) is 1. The normalized spacial score (nSPS) is 10.1. The van der Waals surface area contributed by atoms with Crippen LogP contribution in [0.25, 0.3) is 0 Å². The summed E-state index contributed by atoms with van der Waals surface area (Å²) in [4.78, 5) is 33.9. The van der Waals surface area contributed by atoms with Crippen LogP contribution >= 0.6 is 67.8 Å². The lowest BCUT2D eigenvalue weighted by Crippen LogP contribution is -2.26. The number of nitrogens with one attached hydrogen (secondary N) is 1. The number of hydrogen-bond acceptors (Lipinski definition) is 4. The third-order valence-electron chi connectivity index (χ3n) is 2.33. The molecule has 1 amide bonds. The molecule has 0 unspecified atom stereocenters. The average molecular weight is 631 g/mol. The van der Waals surface area contributed by atoms with Crippen LogP contribution in [-0.4, -0.2) is 41.7 Å². The molecule has 21 heavy (non-hydrogen) atoms. The Morgan fingerprint density at radius 2 is 1.43 bits per heavy atom. The van der Waals surface area contributed by atoms with Crippen LogP contribution in [0.2, 0.25) is 0 Å². The Kier molecular flexibility index (Phi) is 6.89. The van der Waals surface area contributed by atoms with Crippen LogP contribution in [-0.2, 0) is 4.79 Å². The molecular weight excluding hydrogens is 623 g/mol. The fourth-order valence-corrected chi connectivity index (χ4v) is 5.75. The van der Waals surface area contributed by atoms with Gasteiger partial charge in [-0.05, 0) is 67.8 Å². The van der Waals surface area contributed by atoms with Gasteiger partial charge in [-0.2, -0.15) is 0 Å². The lowest BCUT2D eigenvalue weighted by molar-refractivity contribution is -0.122. The summed E-state index contributed by atoms with van der Waals surface area (Å²) in [5.74, 6) is -2.84. The molecule has 0 radical (unpaired) electrons. The summed E-state index contributed by atoms with van der Waals surface area (Å²) in [5.41, 5.74) is -0.304. The minimum atomic E-state index is -1.26. The molecule has 7 nitrogen and oxygen atoms in total. The van der Waals surface area contributed by atoms with Crippen molar-refractivity contribution in [3.8, 4) is 5.75 Å². The van der Waals surface area contributed by atoms with Crippen molar-refractivity contribution in [2.24, 2.45) is 0 Å². The van der Waals surface area contributed by atoms with Crippen LogP contribution in [0.4, 0.5) is 0 Å². The van der Waals surface area contributed by atoms with Crippen LogP contribution in [0, 0.1) is 10.7 Å². The predicted molar refractivity (Wildman–Crippen MR) is 98.1 cm³/mol. The molecule has 0 fully saturated rings. The van der Waals surface area contributed by atoms with Gasteiger partial charge in [-0.25, -0.2) is 9.59 Å². The van der Waals surface area contributed by atoms with E-state index in [2.05, 4.69) is 5.32 Å². The van der Waals surface area contributed by atoms with E-state index >= 15 is 0 Å². The zero-order chi connectivity index (χ0) is 16.3. The fraction of sp³-hybridized carbons (Fsp3) is 0.182. The number of carboxylic acids is 2. The highest BCUT2D eigenvalue weighted by molar-refractivity contribution is 14.1. The topological polar surface area (TPSA) is 113 Å². The molecule has 0 aliphatic carbocycles. The van der Waals surface area contributed by atoms with Crippen LogP contribution in [0.1, 0.15) is 20.7 Å². The number of carboxylic acid groups (broad SMARTS) is 2. The molecule has 0 atom stereocenters. The number of benzene rings is 1. The Morgan fingerprint density at radius 1 is 1.00 bits per heavy atom. The number of carbonyl (C=O) groups excluding carboxylic acids is 1. The third-order valence-corrected chi connectivity index (χ3v) is 5.47. The Labute approximate surface area is 160 Å². The van der Waals surface area contributed by atoms with Crippen LogP contribution < -0.4 is 10.1 Å². The molecule has 0 heterocycles. The summed E-state index contributed by atoms with van der Waals surface area (Å²) >= 11 is 5.21. The van der Waals surface area contributed by atoms with E-state index in [1.54, 1.807) is 67.8 Å². The monoisotopic (exact) mass is 631 g/mol. The van der Waals surface area contributed by atoms with Crippen molar-refractivity contribution in [2.75, 3.05) is 13.7 Å². The Balaban J connectivity index is 3.52. The first-order valence-corrected chi connectivity index (χ1v) is 8.46. The zero-order valence-corrected chi connectivity index (χ0v) is 16.8. The first kappa shape index (κ1) is 18.7. The van der Waals surface area contributed by atoms with Gasteiger partial charge in [-0.1, -0.05) is 0 Å². The number of amides is 1. The van der Waals surface area contributed by atoms with Gasteiger partial charge in [0.2, 0.25) is 0 Å². The second kappa shape index (κ2) is 7.75. The smallest absolute Gasteiger partial charge is 0.338 e. The van der Waals surface area contributed by atoms with Crippen molar-refractivity contribution >= 4 is 85.6 Å².